The molecule has 1 aliphatic rings. The van der Waals surface area contributed by atoms with Crippen LogP contribution in [0.3, 0.4) is 0 Å². The number of aromatic nitrogens is 1. The van der Waals surface area contributed by atoms with Crippen LogP contribution < -0.4 is 10.0 Å². The largest absolute Gasteiger partial charge is 0.298 e. The summed E-state index contributed by atoms with van der Waals surface area (Å²) in [6.45, 7) is 0. The van der Waals surface area contributed by atoms with Crippen molar-refractivity contribution in [2.24, 2.45) is 0 Å². The highest BCUT2D eigenvalue weighted by Crippen LogP contribution is 2.30. The number of amides is 1. The van der Waals surface area contributed by atoms with Crippen LogP contribution >= 0.6 is 22.9 Å². The second-order valence-corrected chi connectivity index (χ2v) is 11.3. The fourth-order valence-electron chi connectivity index (χ4n) is 4.08. The molecular weight excluding hydrogens is 502 g/mol. The van der Waals surface area contributed by atoms with Crippen LogP contribution in [-0.2, 0) is 22.9 Å². The number of nitrogens with one attached hydrogen (secondary N) is 2. The molecular formula is C26H22ClN3O3S2. The maximum atomic E-state index is 12.8. The first-order valence-electron chi connectivity index (χ1n) is 11.1. The quantitative estimate of drug-likeness (QED) is 0.306. The van der Waals surface area contributed by atoms with Gasteiger partial charge in [0.15, 0.2) is 5.13 Å². The van der Waals surface area contributed by atoms with Gasteiger partial charge >= 0.3 is 0 Å². The molecule has 5 rings (SSSR count). The molecule has 9 heteroatoms. The highest BCUT2D eigenvalue weighted by atomic mass is 35.5. The van der Waals surface area contributed by atoms with Crippen molar-refractivity contribution in [3.05, 3.63) is 93.8 Å². The van der Waals surface area contributed by atoms with Gasteiger partial charge in [0.2, 0.25) is 0 Å². The second kappa shape index (κ2) is 9.81. The van der Waals surface area contributed by atoms with Gasteiger partial charge in [-0.3, -0.25) is 14.8 Å². The number of hydrogen-bond acceptors (Lipinski definition) is 5. The zero-order valence-corrected chi connectivity index (χ0v) is 21.0. The van der Waals surface area contributed by atoms with E-state index >= 15 is 0 Å². The van der Waals surface area contributed by atoms with E-state index < -0.39 is 10.0 Å². The van der Waals surface area contributed by atoms with Crippen molar-refractivity contribution in [1.29, 1.82) is 0 Å². The van der Waals surface area contributed by atoms with Crippen LogP contribution in [0, 0.1) is 0 Å². The first-order valence-corrected chi connectivity index (χ1v) is 13.9. The average Bonchev–Trinajstić information content (AvgIpc) is 3.32. The third-order valence-electron chi connectivity index (χ3n) is 5.87. The molecule has 1 aliphatic carbocycles. The minimum absolute atomic E-state index is 0.0780. The number of fused-ring (bicyclic) bond motifs is 1. The van der Waals surface area contributed by atoms with Gasteiger partial charge in [-0.2, -0.15) is 0 Å². The number of rotatable bonds is 6. The summed E-state index contributed by atoms with van der Waals surface area (Å²) in [5, 5.41) is 5.67. The standard InChI is InChI=1S/C26H22ClN3O3S2/c27-21-10-12-23(13-11-21)35(32,33)30-22-7-3-6-20(15-22)25(31)29-26-28-24(16-34-26)19-9-8-17-4-1-2-5-18(17)14-19/h3,6-16,30H,1-2,4-5H2,(H,28,29,31). The number of benzene rings is 3. The number of carbonyl (C=O) groups excluding carboxylic acids is 1. The van der Waals surface area contributed by atoms with Crippen LogP contribution in [0.5, 0.6) is 0 Å². The Balaban J connectivity index is 1.29. The molecule has 0 aliphatic heterocycles. The molecule has 0 bridgehead atoms. The van der Waals surface area contributed by atoms with E-state index in [0.29, 0.717) is 15.7 Å². The Hall–Kier alpha value is -3.20. The Labute approximate surface area is 213 Å². The molecule has 2 N–H and O–H groups in total. The van der Waals surface area contributed by atoms with Crippen molar-refractivity contribution in [2.45, 2.75) is 30.6 Å². The monoisotopic (exact) mass is 523 g/mol. The molecule has 0 saturated heterocycles. The molecule has 1 amide bonds. The van der Waals surface area contributed by atoms with E-state index in [1.165, 1.54) is 65.6 Å². The normalized spacial score (nSPS) is 13.2. The molecule has 0 spiro atoms. The summed E-state index contributed by atoms with van der Waals surface area (Å²) in [4.78, 5) is 17.5. The fourth-order valence-corrected chi connectivity index (χ4v) is 5.97. The van der Waals surface area contributed by atoms with Crippen LogP contribution in [0.25, 0.3) is 11.3 Å². The Morgan fingerprint density at radius 1 is 0.943 bits per heavy atom. The summed E-state index contributed by atoms with van der Waals surface area (Å²) in [5.74, 6) is -0.371. The zero-order chi connectivity index (χ0) is 24.4. The first kappa shape index (κ1) is 23.5. The summed E-state index contributed by atoms with van der Waals surface area (Å²) in [6.07, 6.45) is 4.67. The average molecular weight is 524 g/mol. The van der Waals surface area contributed by atoms with Gasteiger partial charge in [0.05, 0.1) is 10.6 Å². The summed E-state index contributed by atoms with van der Waals surface area (Å²) in [7, 11) is -3.82. The van der Waals surface area contributed by atoms with Gasteiger partial charge in [-0.1, -0.05) is 29.8 Å². The Morgan fingerprint density at radius 2 is 1.71 bits per heavy atom. The predicted octanol–water partition coefficient (Wildman–Crippen LogP) is 6.40. The van der Waals surface area contributed by atoms with Crippen molar-refractivity contribution in [3.63, 3.8) is 0 Å². The van der Waals surface area contributed by atoms with Crippen molar-refractivity contribution in [3.8, 4) is 11.3 Å². The number of carbonyl (C=O) groups is 1. The summed E-state index contributed by atoms with van der Waals surface area (Å²) in [5.41, 5.74) is 5.25. The van der Waals surface area contributed by atoms with Crippen LogP contribution in [-0.4, -0.2) is 19.3 Å². The van der Waals surface area contributed by atoms with Gasteiger partial charge < -0.3 is 0 Å². The smallest absolute Gasteiger partial charge is 0.261 e. The molecule has 0 radical (unpaired) electrons. The number of hydrogen-bond donors (Lipinski definition) is 2. The molecule has 0 unspecified atom stereocenters. The van der Waals surface area contributed by atoms with Crippen molar-refractivity contribution in [1.82, 2.24) is 4.98 Å². The Bertz CT molecular complexity index is 1500. The number of halogens is 1. The van der Waals surface area contributed by atoms with Crippen LogP contribution in [0.4, 0.5) is 10.8 Å². The maximum Gasteiger partial charge on any atom is 0.261 e. The molecule has 3 aromatic carbocycles. The lowest BCUT2D eigenvalue weighted by Crippen LogP contribution is -2.15. The van der Waals surface area contributed by atoms with Gasteiger partial charge in [0.1, 0.15) is 0 Å². The third kappa shape index (κ3) is 5.40. The van der Waals surface area contributed by atoms with Crippen LogP contribution in [0.2, 0.25) is 5.02 Å². The van der Waals surface area contributed by atoms with Gasteiger partial charge in [0.25, 0.3) is 15.9 Å². The van der Waals surface area contributed by atoms with E-state index in [4.69, 9.17) is 11.6 Å². The molecule has 178 valence electrons. The van der Waals surface area contributed by atoms with E-state index in [-0.39, 0.29) is 16.5 Å². The van der Waals surface area contributed by atoms with Crippen LogP contribution in [0.15, 0.2) is 77.0 Å². The minimum Gasteiger partial charge on any atom is -0.298 e. The van der Waals surface area contributed by atoms with Gasteiger partial charge in [0, 0.05) is 27.2 Å². The predicted molar refractivity (Wildman–Crippen MR) is 141 cm³/mol. The number of thiazole rings is 1. The van der Waals surface area contributed by atoms with Gasteiger partial charge in [-0.05, 0) is 85.3 Å². The van der Waals surface area contributed by atoms with Crippen LogP contribution in [0.1, 0.15) is 34.3 Å². The van der Waals surface area contributed by atoms with E-state index in [2.05, 4.69) is 33.2 Å². The Morgan fingerprint density at radius 3 is 2.51 bits per heavy atom. The van der Waals surface area contributed by atoms with Gasteiger partial charge in [-0.25, -0.2) is 13.4 Å². The molecule has 35 heavy (non-hydrogen) atoms. The lowest BCUT2D eigenvalue weighted by Gasteiger charge is -2.16. The van der Waals surface area contributed by atoms with Crippen molar-refractivity contribution < 1.29 is 13.2 Å². The highest BCUT2D eigenvalue weighted by Gasteiger charge is 2.16. The first-order chi connectivity index (χ1) is 16.9. The molecule has 0 saturated carbocycles. The molecule has 1 aromatic heterocycles. The van der Waals surface area contributed by atoms with Gasteiger partial charge in [-0.15, -0.1) is 11.3 Å². The molecule has 1 heterocycles. The summed E-state index contributed by atoms with van der Waals surface area (Å²) < 4.78 is 27.8. The highest BCUT2D eigenvalue weighted by molar-refractivity contribution is 7.92. The van der Waals surface area contributed by atoms with E-state index in [1.54, 1.807) is 18.2 Å². The lowest BCUT2D eigenvalue weighted by molar-refractivity contribution is 0.102. The molecule has 4 aromatic rings. The minimum atomic E-state index is -3.82. The molecule has 0 atom stereocenters. The van der Waals surface area contributed by atoms with E-state index in [1.807, 2.05) is 5.38 Å². The number of aryl methyl sites for hydroxylation is 2. The number of sulfonamides is 1. The third-order valence-corrected chi connectivity index (χ3v) is 8.28. The number of nitrogens with zero attached hydrogens (tertiary/aromatic N) is 1. The van der Waals surface area contributed by atoms with E-state index in [0.717, 1.165) is 24.1 Å². The van der Waals surface area contributed by atoms with Crippen molar-refractivity contribution in [2.75, 3.05) is 10.0 Å². The molecule has 6 nitrogen and oxygen atoms in total. The fraction of sp³-hybridized carbons (Fsp3) is 0.154. The molecule has 0 fully saturated rings. The number of anilines is 2. The topological polar surface area (TPSA) is 88.2 Å². The lowest BCUT2D eigenvalue weighted by atomic mass is 9.90. The van der Waals surface area contributed by atoms with E-state index in [9.17, 15) is 13.2 Å². The summed E-state index contributed by atoms with van der Waals surface area (Å²) >= 11 is 7.20. The summed E-state index contributed by atoms with van der Waals surface area (Å²) in [6, 6.07) is 18.6. The second-order valence-electron chi connectivity index (χ2n) is 8.32. The Kier molecular flexibility index (Phi) is 6.60. The van der Waals surface area contributed by atoms with Crippen molar-refractivity contribution >= 4 is 49.7 Å². The SMILES string of the molecule is O=C(Nc1nc(-c2ccc3c(c2)CCCC3)cs1)c1cccc(NS(=O)(=O)c2ccc(Cl)cc2)c1. The maximum absolute atomic E-state index is 12.8. The zero-order valence-electron chi connectivity index (χ0n) is 18.6.